The van der Waals surface area contributed by atoms with Gasteiger partial charge in [-0.1, -0.05) is 6.92 Å². The smallest absolute Gasteiger partial charge is 0.305 e. The molecule has 1 aliphatic heterocycles. The minimum Gasteiger partial charge on any atom is -0.394 e. The number of nitrogens with zero attached hydrogens (tertiary/aromatic N) is 2. The SMILES string of the molecule is CC1CCN(C(=O)c2ccc(F)c([N+](=O)[O-])c2)C1CO. The van der Waals surface area contributed by atoms with E-state index in [4.69, 9.17) is 0 Å². The van der Waals surface area contributed by atoms with Gasteiger partial charge in [0.15, 0.2) is 0 Å². The van der Waals surface area contributed by atoms with Gasteiger partial charge in [-0.15, -0.1) is 0 Å². The minimum atomic E-state index is -0.972. The van der Waals surface area contributed by atoms with Gasteiger partial charge >= 0.3 is 5.69 Å². The van der Waals surface area contributed by atoms with E-state index in [9.17, 15) is 24.4 Å². The lowest BCUT2D eigenvalue weighted by Gasteiger charge is -2.25. The summed E-state index contributed by atoms with van der Waals surface area (Å²) in [4.78, 5) is 23.6. The van der Waals surface area contributed by atoms with Crippen molar-refractivity contribution in [3.63, 3.8) is 0 Å². The molecule has 20 heavy (non-hydrogen) atoms. The number of amides is 1. The second-order valence-electron chi connectivity index (χ2n) is 4.94. The first-order chi connectivity index (χ1) is 9.45. The van der Waals surface area contributed by atoms with Crippen LogP contribution in [0.2, 0.25) is 0 Å². The van der Waals surface area contributed by atoms with Gasteiger partial charge in [0.25, 0.3) is 5.91 Å². The first-order valence-electron chi connectivity index (χ1n) is 6.31. The van der Waals surface area contributed by atoms with Crippen LogP contribution in [0.3, 0.4) is 0 Å². The number of hydrogen-bond donors (Lipinski definition) is 1. The summed E-state index contributed by atoms with van der Waals surface area (Å²) in [6.07, 6.45) is 0.764. The second-order valence-corrected chi connectivity index (χ2v) is 4.94. The molecule has 0 radical (unpaired) electrons. The third-order valence-corrected chi connectivity index (χ3v) is 3.72. The molecule has 1 aliphatic rings. The standard InChI is InChI=1S/C13H15FN2O4/c1-8-4-5-15(12(8)7-17)13(18)9-2-3-10(14)11(6-9)16(19)20/h2-3,6,8,12,17H,4-5,7H2,1H3. The lowest BCUT2D eigenvalue weighted by atomic mass is 10.0. The molecule has 0 spiro atoms. The van der Waals surface area contributed by atoms with Gasteiger partial charge in [0, 0.05) is 18.2 Å². The summed E-state index contributed by atoms with van der Waals surface area (Å²) >= 11 is 0. The molecule has 1 amide bonds. The zero-order valence-corrected chi connectivity index (χ0v) is 11.0. The topological polar surface area (TPSA) is 83.7 Å². The molecule has 2 unspecified atom stereocenters. The largest absolute Gasteiger partial charge is 0.394 e. The van der Waals surface area contributed by atoms with E-state index in [1.807, 2.05) is 6.92 Å². The molecule has 0 bridgehead atoms. The number of aliphatic hydroxyl groups excluding tert-OH is 1. The predicted molar refractivity (Wildman–Crippen MR) is 68.7 cm³/mol. The Morgan fingerprint density at radius 3 is 2.90 bits per heavy atom. The molecule has 0 aliphatic carbocycles. The molecular formula is C13H15FN2O4. The van der Waals surface area contributed by atoms with Crippen molar-refractivity contribution in [2.24, 2.45) is 5.92 Å². The molecule has 1 aromatic carbocycles. The van der Waals surface area contributed by atoms with Crippen molar-refractivity contribution < 1.29 is 19.2 Å². The molecular weight excluding hydrogens is 267 g/mol. The van der Waals surface area contributed by atoms with E-state index in [0.717, 1.165) is 18.6 Å². The number of hydrogen-bond acceptors (Lipinski definition) is 4. The zero-order chi connectivity index (χ0) is 14.9. The Balaban J connectivity index is 2.30. The number of rotatable bonds is 3. The van der Waals surface area contributed by atoms with Gasteiger partial charge in [-0.2, -0.15) is 4.39 Å². The Morgan fingerprint density at radius 1 is 1.60 bits per heavy atom. The van der Waals surface area contributed by atoms with Gasteiger partial charge in [0.05, 0.1) is 17.6 Å². The van der Waals surface area contributed by atoms with Crippen LogP contribution in [0.5, 0.6) is 0 Å². The Morgan fingerprint density at radius 2 is 2.30 bits per heavy atom. The summed E-state index contributed by atoms with van der Waals surface area (Å²) in [5.74, 6) is -1.23. The third kappa shape index (κ3) is 2.49. The van der Waals surface area contributed by atoms with Crippen LogP contribution in [0, 0.1) is 21.8 Å². The Kier molecular flexibility index (Phi) is 3.99. The molecule has 6 nitrogen and oxygen atoms in total. The van der Waals surface area contributed by atoms with Crippen LogP contribution in [0.15, 0.2) is 18.2 Å². The quantitative estimate of drug-likeness (QED) is 0.674. The zero-order valence-electron chi connectivity index (χ0n) is 11.0. The van der Waals surface area contributed by atoms with Crippen LogP contribution in [0.4, 0.5) is 10.1 Å². The number of likely N-dealkylation sites (tertiary alicyclic amines) is 1. The van der Waals surface area contributed by atoms with Gasteiger partial charge in [-0.25, -0.2) is 0 Å². The maximum atomic E-state index is 13.3. The van der Waals surface area contributed by atoms with Gasteiger partial charge in [-0.3, -0.25) is 14.9 Å². The van der Waals surface area contributed by atoms with E-state index >= 15 is 0 Å². The molecule has 0 aromatic heterocycles. The molecule has 108 valence electrons. The Bertz CT molecular complexity index is 549. The fourth-order valence-corrected chi connectivity index (χ4v) is 2.49. The summed E-state index contributed by atoms with van der Waals surface area (Å²) in [6, 6.07) is 2.78. The van der Waals surface area contributed by atoms with Gasteiger partial charge in [0.1, 0.15) is 0 Å². The molecule has 2 atom stereocenters. The van der Waals surface area contributed by atoms with Crippen molar-refractivity contribution in [2.75, 3.05) is 13.2 Å². The maximum absolute atomic E-state index is 13.3. The molecule has 0 saturated carbocycles. The van der Waals surface area contributed by atoms with Crippen LogP contribution in [0.1, 0.15) is 23.7 Å². The van der Waals surface area contributed by atoms with E-state index < -0.39 is 22.3 Å². The van der Waals surface area contributed by atoms with Crippen LogP contribution >= 0.6 is 0 Å². The average Bonchev–Trinajstić information content (AvgIpc) is 2.79. The molecule has 1 N–H and O–H groups in total. The lowest BCUT2D eigenvalue weighted by Crippen LogP contribution is -2.39. The van der Waals surface area contributed by atoms with E-state index in [0.29, 0.717) is 6.54 Å². The normalized spacial score (nSPS) is 22.1. The first kappa shape index (κ1) is 14.4. The van der Waals surface area contributed by atoms with E-state index in [1.165, 1.54) is 11.0 Å². The van der Waals surface area contributed by atoms with E-state index in [-0.39, 0.29) is 24.1 Å². The summed E-state index contributed by atoms with van der Waals surface area (Å²) in [5, 5.41) is 20.0. The number of benzene rings is 1. The van der Waals surface area contributed by atoms with Crippen LogP contribution < -0.4 is 0 Å². The number of carbonyl (C=O) groups is 1. The Hall–Kier alpha value is -2.02. The Labute approximate surface area is 115 Å². The summed E-state index contributed by atoms with van der Waals surface area (Å²) in [5.41, 5.74) is -0.658. The summed E-state index contributed by atoms with van der Waals surface area (Å²) < 4.78 is 13.3. The van der Waals surface area contributed by atoms with Crippen molar-refractivity contribution in [1.29, 1.82) is 0 Å². The molecule has 7 heteroatoms. The summed E-state index contributed by atoms with van der Waals surface area (Å²) in [7, 11) is 0. The number of nitro benzene ring substituents is 1. The van der Waals surface area contributed by atoms with E-state index in [1.54, 1.807) is 0 Å². The highest BCUT2D eigenvalue weighted by Crippen LogP contribution is 2.27. The number of carbonyl (C=O) groups excluding carboxylic acids is 1. The van der Waals surface area contributed by atoms with Crippen molar-refractivity contribution in [3.8, 4) is 0 Å². The summed E-state index contributed by atoms with van der Waals surface area (Å²) in [6.45, 7) is 2.26. The van der Waals surface area contributed by atoms with Crippen LogP contribution in [-0.2, 0) is 0 Å². The van der Waals surface area contributed by atoms with Crippen LogP contribution in [-0.4, -0.2) is 40.0 Å². The third-order valence-electron chi connectivity index (χ3n) is 3.72. The van der Waals surface area contributed by atoms with Gasteiger partial charge < -0.3 is 10.0 Å². The molecule has 1 saturated heterocycles. The predicted octanol–water partition coefficient (Wildman–Crippen LogP) is 1.58. The fraction of sp³-hybridized carbons (Fsp3) is 0.462. The van der Waals surface area contributed by atoms with Crippen molar-refractivity contribution in [2.45, 2.75) is 19.4 Å². The highest BCUT2D eigenvalue weighted by Gasteiger charge is 2.34. The minimum absolute atomic E-state index is 0.0608. The highest BCUT2D eigenvalue weighted by molar-refractivity contribution is 5.95. The van der Waals surface area contributed by atoms with Crippen molar-refractivity contribution in [1.82, 2.24) is 4.90 Å². The average molecular weight is 282 g/mol. The number of halogens is 1. The number of aliphatic hydroxyl groups is 1. The first-order valence-corrected chi connectivity index (χ1v) is 6.31. The molecule has 1 aromatic rings. The number of nitro groups is 1. The van der Waals surface area contributed by atoms with Crippen molar-refractivity contribution in [3.05, 3.63) is 39.7 Å². The second kappa shape index (κ2) is 5.54. The maximum Gasteiger partial charge on any atom is 0.305 e. The highest BCUT2D eigenvalue weighted by atomic mass is 19.1. The molecule has 2 rings (SSSR count). The van der Waals surface area contributed by atoms with Crippen LogP contribution in [0.25, 0.3) is 0 Å². The monoisotopic (exact) mass is 282 g/mol. The van der Waals surface area contributed by atoms with Crippen molar-refractivity contribution >= 4 is 11.6 Å². The molecule has 1 heterocycles. The van der Waals surface area contributed by atoms with Gasteiger partial charge in [0.2, 0.25) is 5.82 Å². The fourth-order valence-electron chi connectivity index (χ4n) is 2.49. The molecule has 1 fully saturated rings. The lowest BCUT2D eigenvalue weighted by molar-refractivity contribution is -0.387. The van der Waals surface area contributed by atoms with E-state index in [2.05, 4.69) is 0 Å². The van der Waals surface area contributed by atoms with Gasteiger partial charge in [-0.05, 0) is 24.5 Å².